The van der Waals surface area contributed by atoms with E-state index in [1.54, 1.807) is 36.4 Å². The molecular formula is C21H21N3O4S. The fourth-order valence-electron chi connectivity index (χ4n) is 3.60. The number of benzene rings is 2. The predicted molar refractivity (Wildman–Crippen MR) is 113 cm³/mol. The van der Waals surface area contributed by atoms with Gasteiger partial charge in [0.2, 0.25) is 15.9 Å². The number of nitrogens with one attached hydrogen (secondary N) is 2. The highest BCUT2D eigenvalue weighted by Gasteiger charge is 2.22. The van der Waals surface area contributed by atoms with E-state index in [-0.39, 0.29) is 22.4 Å². The van der Waals surface area contributed by atoms with Crippen molar-refractivity contribution in [3.8, 4) is 5.88 Å². The lowest BCUT2D eigenvalue weighted by Gasteiger charge is -2.12. The van der Waals surface area contributed by atoms with Gasteiger partial charge in [-0.15, -0.1) is 0 Å². The van der Waals surface area contributed by atoms with Crippen molar-refractivity contribution in [1.29, 1.82) is 0 Å². The fourth-order valence-corrected chi connectivity index (χ4v) is 4.90. The Labute approximate surface area is 168 Å². The molecule has 150 valence electrons. The first-order valence-corrected chi connectivity index (χ1v) is 10.9. The van der Waals surface area contributed by atoms with Crippen LogP contribution in [0.25, 0.3) is 10.8 Å². The average molecular weight is 411 g/mol. The Bertz CT molecular complexity index is 1230. The molecule has 1 aliphatic rings. The van der Waals surface area contributed by atoms with Crippen LogP contribution in [0.1, 0.15) is 31.2 Å². The minimum atomic E-state index is -3.55. The third-order valence-corrected chi connectivity index (χ3v) is 6.65. The zero-order valence-electron chi connectivity index (χ0n) is 15.6. The molecule has 1 saturated carbocycles. The number of aromatic nitrogens is 1. The van der Waals surface area contributed by atoms with Gasteiger partial charge in [-0.05, 0) is 43.2 Å². The maximum atomic E-state index is 12.5. The van der Waals surface area contributed by atoms with Crippen molar-refractivity contribution in [3.63, 3.8) is 0 Å². The molecule has 1 fully saturated rings. The van der Waals surface area contributed by atoms with Crippen LogP contribution in [0, 0.1) is 0 Å². The predicted octanol–water partition coefficient (Wildman–Crippen LogP) is 3.21. The third kappa shape index (κ3) is 4.08. The first-order chi connectivity index (χ1) is 13.9. The Hall–Kier alpha value is -2.97. The van der Waals surface area contributed by atoms with Crippen molar-refractivity contribution in [2.24, 2.45) is 4.99 Å². The summed E-state index contributed by atoms with van der Waals surface area (Å²) in [5, 5.41) is 11.2. The number of hydrogen-bond acceptors (Lipinski definition) is 5. The molecule has 29 heavy (non-hydrogen) atoms. The largest absolute Gasteiger partial charge is 0.494 e. The zero-order valence-corrected chi connectivity index (χ0v) is 16.4. The summed E-state index contributed by atoms with van der Waals surface area (Å²) in [5.41, 5.74) is 0.541. The lowest BCUT2D eigenvalue weighted by molar-refractivity contribution is 0.452. The molecule has 0 atom stereocenters. The van der Waals surface area contributed by atoms with E-state index >= 15 is 0 Å². The maximum Gasteiger partial charge on any atom is 0.258 e. The number of pyridine rings is 1. The van der Waals surface area contributed by atoms with Crippen LogP contribution in [0.5, 0.6) is 5.88 Å². The van der Waals surface area contributed by atoms with Gasteiger partial charge in [0, 0.05) is 23.0 Å². The van der Waals surface area contributed by atoms with Crippen molar-refractivity contribution in [3.05, 3.63) is 64.4 Å². The van der Waals surface area contributed by atoms with Gasteiger partial charge in [0.25, 0.3) is 5.56 Å². The van der Waals surface area contributed by atoms with Gasteiger partial charge in [0.15, 0.2) is 0 Å². The molecule has 0 amide bonds. The van der Waals surface area contributed by atoms with Gasteiger partial charge >= 0.3 is 0 Å². The SMILES string of the molecule is O=c1[nH]c(O)c(C=Nc2ccc(S(=O)(=O)NC3CCCC3)cc2)c2ccccc12. The van der Waals surface area contributed by atoms with Gasteiger partial charge in [-0.3, -0.25) is 14.8 Å². The van der Waals surface area contributed by atoms with Crippen LogP contribution >= 0.6 is 0 Å². The maximum absolute atomic E-state index is 12.5. The van der Waals surface area contributed by atoms with E-state index in [2.05, 4.69) is 14.7 Å². The second-order valence-electron chi connectivity index (χ2n) is 7.12. The van der Waals surface area contributed by atoms with Crippen LogP contribution < -0.4 is 10.3 Å². The summed E-state index contributed by atoms with van der Waals surface area (Å²) in [4.78, 5) is 18.9. The average Bonchev–Trinajstić information content (AvgIpc) is 3.20. The Kier molecular flexibility index (Phi) is 5.21. The molecule has 2 aromatic carbocycles. The third-order valence-electron chi connectivity index (χ3n) is 5.12. The number of rotatable bonds is 5. The van der Waals surface area contributed by atoms with Crippen molar-refractivity contribution >= 4 is 32.7 Å². The molecule has 0 radical (unpaired) electrons. The fraction of sp³-hybridized carbons (Fsp3) is 0.238. The van der Waals surface area contributed by atoms with Crippen LogP contribution in [0.4, 0.5) is 5.69 Å². The summed E-state index contributed by atoms with van der Waals surface area (Å²) < 4.78 is 27.7. The second-order valence-corrected chi connectivity index (χ2v) is 8.83. The summed E-state index contributed by atoms with van der Waals surface area (Å²) in [6.07, 6.45) is 5.30. The van der Waals surface area contributed by atoms with Gasteiger partial charge in [0.1, 0.15) is 0 Å². The molecule has 0 aliphatic heterocycles. The summed E-state index contributed by atoms with van der Waals surface area (Å²) in [6, 6.07) is 13.1. The van der Waals surface area contributed by atoms with E-state index in [1.165, 1.54) is 18.3 Å². The van der Waals surface area contributed by atoms with E-state index in [0.717, 1.165) is 25.7 Å². The van der Waals surface area contributed by atoms with E-state index in [9.17, 15) is 18.3 Å². The topological polar surface area (TPSA) is 112 Å². The van der Waals surface area contributed by atoms with Crippen LogP contribution in [-0.2, 0) is 10.0 Å². The Morgan fingerprint density at radius 1 is 1.03 bits per heavy atom. The van der Waals surface area contributed by atoms with Gasteiger partial charge in [0.05, 0.1) is 16.1 Å². The number of H-pyrrole nitrogens is 1. The molecule has 1 heterocycles. The summed E-state index contributed by atoms with van der Waals surface area (Å²) in [7, 11) is -3.55. The normalized spacial score (nSPS) is 15.4. The first-order valence-electron chi connectivity index (χ1n) is 9.44. The molecule has 0 spiro atoms. The molecule has 0 unspecified atom stereocenters. The highest BCUT2D eigenvalue weighted by molar-refractivity contribution is 7.89. The molecular weight excluding hydrogens is 390 g/mol. The number of aromatic hydroxyl groups is 1. The number of nitrogens with zero attached hydrogens (tertiary/aromatic N) is 1. The minimum Gasteiger partial charge on any atom is -0.494 e. The second kappa shape index (κ2) is 7.81. The molecule has 7 nitrogen and oxygen atoms in total. The summed E-state index contributed by atoms with van der Waals surface area (Å²) in [6.45, 7) is 0. The number of aromatic amines is 1. The zero-order chi connectivity index (χ0) is 20.4. The lowest BCUT2D eigenvalue weighted by Crippen LogP contribution is -2.32. The van der Waals surface area contributed by atoms with Crippen LogP contribution in [0.15, 0.2) is 63.2 Å². The van der Waals surface area contributed by atoms with Gasteiger partial charge < -0.3 is 5.11 Å². The van der Waals surface area contributed by atoms with Crippen molar-refractivity contribution < 1.29 is 13.5 Å². The van der Waals surface area contributed by atoms with E-state index in [0.29, 0.717) is 22.0 Å². The van der Waals surface area contributed by atoms with Gasteiger partial charge in [-0.25, -0.2) is 13.1 Å². The summed E-state index contributed by atoms with van der Waals surface area (Å²) in [5.74, 6) is -0.266. The van der Waals surface area contributed by atoms with Crippen molar-refractivity contribution in [2.45, 2.75) is 36.6 Å². The number of fused-ring (bicyclic) bond motifs is 1. The molecule has 1 aliphatic carbocycles. The summed E-state index contributed by atoms with van der Waals surface area (Å²) >= 11 is 0. The Morgan fingerprint density at radius 3 is 2.38 bits per heavy atom. The molecule has 1 aromatic heterocycles. The van der Waals surface area contributed by atoms with E-state index in [1.807, 2.05) is 0 Å². The quantitative estimate of drug-likeness (QED) is 0.560. The van der Waals surface area contributed by atoms with Gasteiger partial charge in [-0.2, -0.15) is 0 Å². The van der Waals surface area contributed by atoms with Crippen molar-refractivity contribution in [2.75, 3.05) is 0 Å². The van der Waals surface area contributed by atoms with E-state index < -0.39 is 10.0 Å². The van der Waals surface area contributed by atoms with Crippen LogP contribution in [0.3, 0.4) is 0 Å². The molecule has 0 bridgehead atoms. The number of sulfonamides is 1. The van der Waals surface area contributed by atoms with Gasteiger partial charge in [-0.1, -0.05) is 31.0 Å². The van der Waals surface area contributed by atoms with Crippen molar-refractivity contribution in [1.82, 2.24) is 9.71 Å². The van der Waals surface area contributed by atoms with Crippen LogP contribution in [-0.4, -0.2) is 30.8 Å². The highest BCUT2D eigenvalue weighted by atomic mass is 32.2. The molecule has 8 heteroatoms. The molecule has 3 aromatic rings. The number of aliphatic imine (C=N–C) groups is 1. The number of hydrogen-bond donors (Lipinski definition) is 3. The lowest BCUT2D eigenvalue weighted by atomic mass is 10.1. The Morgan fingerprint density at radius 2 is 1.69 bits per heavy atom. The Balaban J connectivity index is 1.59. The standard InChI is InChI=1S/C21H21N3O4S/c25-20-18-8-4-3-7-17(18)19(21(26)23-20)13-22-14-9-11-16(12-10-14)29(27,28)24-15-5-1-2-6-15/h3-4,7-13,15,24H,1-2,5-6H2,(H2,23,25,26). The highest BCUT2D eigenvalue weighted by Crippen LogP contribution is 2.24. The smallest absolute Gasteiger partial charge is 0.258 e. The monoisotopic (exact) mass is 411 g/mol. The van der Waals surface area contributed by atoms with Crippen LogP contribution in [0.2, 0.25) is 0 Å². The minimum absolute atomic E-state index is 0.00851. The molecule has 0 saturated heterocycles. The molecule has 3 N–H and O–H groups in total. The van der Waals surface area contributed by atoms with E-state index in [4.69, 9.17) is 0 Å². The first kappa shape index (κ1) is 19.4. The molecule has 4 rings (SSSR count).